The van der Waals surface area contributed by atoms with Crippen molar-refractivity contribution in [1.82, 2.24) is 10.9 Å². The SMILES string of the molecule is CC(=O)c1cccc(NC(=S)NNC(=O)Cc2ccc(-c3ccccc3)cc2)c1. The van der Waals surface area contributed by atoms with Crippen molar-refractivity contribution in [2.45, 2.75) is 13.3 Å². The van der Waals surface area contributed by atoms with E-state index in [1.807, 2.05) is 54.6 Å². The number of hydrazine groups is 1. The molecule has 0 aliphatic heterocycles. The summed E-state index contributed by atoms with van der Waals surface area (Å²) in [7, 11) is 0. The molecule has 3 N–H and O–H groups in total. The molecule has 0 atom stereocenters. The molecule has 0 spiro atoms. The Morgan fingerprint density at radius 1 is 0.828 bits per heavy atom. The van der Waals surface area contributed by atoms with Crippen LogP contribution in [0, 0.1) is 0 Å². The Kier molecular flexibility index (Phi) is 6.71. The van der Waals surface area contributed by atoms with E-state index in [2.05, 4.69) is 16.2 Å². The molecule has 3 aromatic rings. The number of benzene rings is 3. The molecule has 6 heteroatoms. The summed E-state index contributed by atoms with van der Waals surface area (Å²) in [4.78, 5) is 23.6. The minimum atomic E-state index is -0.209. The van der Waals surface area contributed by atoms with Crippen molar-refractivity contribution in [3.05, 3.63) is 90.0 Å². The zero-order chi connectivity index (χ0) is 20.6. The largest absolute Gasteiger partial charge is 0.331 e. The number of rotatable bonds is 5. The van der Waals surface area contributed by atoms with E-state index in [9.17, 15) is 9.59 Å². The summed E-state index contributed by atoms with van der Waals surface area (Å²) in [5.74, 6) is -0.238. The van der Waals surface area contributed by atoms with Gasteiger partial charge in [-0.3, -0.25) is 20.4 Å². The highest BCUT2D eigenvalue weighted by Gasteiger charge is 2.06. The van der Waals surface area contributed by atoms with E-state index in [1.54, 1.807) is 24.3 Å². The molecule has 0 unspecified atom stereocenters. The third-order valence-electron chi connectivity index (χ3n) is 4.27. The van der Waals surface area contributed by atoms with Gasteiger partial charge in [0.05, 0.1) is 6.42 Å². The van der Waals surface area contributed by atoms with Gasteiger partial charge in [-0.1, -0.05) is 66.7 Å². The minimum Gasteiger partial charge on any atom is -0.331 e. The van der Waals surface area contributed by atoms with E-state index in [4.69, 9.17) is 12.2 Å². The Morgan fingerprint density at radius 2 is 1.52 bits per heavy atom. The number of hydrogen-bond acceptors (Lipinski definition) is 3. The van der Waals surface area contributed by atoms with Crippen LogP contribution in [0.5, 0.6) is 0 Å². The van der Waals surface area contributed by atoms with Gasteiger partial charge in [0.25, 0.3) is 0 Å². The van der Waals surface area contributed by atoms with Crippen LogP contribution in [-0.2, 0) is 11.2 Å². The molecule has 0 aliphatic carbocycles. The summed E-state index contributed by atoms with van der Waals surface area (Å²) in [6, 6.07) is 24.9. The molecule has 1 amide bonds. The third kappa shape index (κ3) is 5.99. The van der Waals surface area contributed by atoms with Gasteiger partial charge in [0, 0.05) is 11.3 Å². The normalized spacial score (nSPS) is 10.1. The first-order valence-electron chi connectivity index (χ1n) is 9.12. The van der Waals surface area contributed by atoms with E-state index < -0.39 is 0 Å². The molecule has 0 radical (unpaired) electrons. The number of ketones is 1. The van der Waals surface area contributed by atoms with Gasteiger partial charge in [-0.2, -0.15) is 0 Å². The Labute approximate surface area is 175 Å². The van der Waals surface area contributed by atoms with Crippen molar-refractivity contribution in [3.63, 3.8) is 0 Å². The number of amides is 1. The number of hydrogen-bond donors (Lipinski definition) is 3. The predicted molar refractivity (Wildman–Crippen MR) is 120 cm³/mol. The molecule has 0 bridgehead atoms. The lowest BCUT2D eigenvalue weighted by Crippen LogP contribution is -2.44. The summed E-state index contributed by atoms with van der Waals surface area (Å²) in [5.41, 5.74) is 9.64. The summed E-state index contributed by atoms with van der Waals surface area (Å²) in [5, 5.41) is 3.17. The maximum absolute atomic E-state index is 12.2. The lowest BCUT2D eigenvalue weighted by atomic mass is 10.0. The van der Waals surface area contributed by atoms with Crippen molar-refractivity contribution in [2.75, 3.05) is 5.32 Å². The van der Waals surface area contributed by atoms with Gasteiger partial charge in [0.1, 0.15) is 0 Å². The summed E-state index contributed by atoms with van der Waals surface area (Å²) < 4.78 is 0. The summed E-state index contributed by atoms with van der Waals surface area (Å²) >= 11 is 5.18. The number of Topliss-reactive ketones (excluding diaryl/α,β-unsaturated/α-hetero) is 1. The Bertz CT molecular complexity index is 1020. The van der Waals surface area contributed by atoms with Gasteiger partial charge in [0.15, 0.2) is 10.9 Å². The van der Waals surface area contributed by atoms with E-state index >= 15 is 0 Å². The topological polar surface area (TPSA) is 70.2 Å². The first kappa shape index (κ1) is 20.2. The third-order valence-corrected chi connectivity index (χ3v) is 4.47. The Hall–Kier alpha value is -3.51. The maximum atomic E-state index is 12.2. The molecule has 0 aliphatic rings. The van der Waals surface area contributed by atoms with E-state index in [1.165, 1.54) is 6.92 Å². The Balaban J connectivity index is 1.49. The molecule has 3 rings (SSSR count). The highest BCUT2D eigenvalue weighted by molar-refractivity contribution is 7.80. The molecule has 0 saturated heterocycles. The fraction of sp³-hybridized carbons (Fsp3) is 0.0870. The highest BCUT2D eigenvalue weighted by atomic mass is 32.1. The van der Waals surface area contributed by atoms with Crippen molar-refractivity contribution < 1.29 is 9.59 Å². The lowest BCUT2D eigenvalue weighted by molar-refractivity contribution is -0.121. The maximum Gasteiger partial charge on any atom is 0.242 e. The lowest BCUT2D eigenvalue weighted by Gasteiger charge is -2.12. The first-order valence-corrected chi connectivity index (χ1v) is 9.53. The molecule has 3 aromatic carbocycles. The molecular weight excluding hydrogens is 382 g/mol. The predicted octanol–water partition coefficient (Wildman–Crippen LogP) is 4.12. The standard InChI is InChI=1S/C23H21N3O2S/c1-16(27)20-8-5-9-21(15-20)24-23(29)26-25-22(28)14-17-10-12-19(13-11-17)18-6-3-2-4-7-18/h2-13,15H,14H2,1H3,(H,25,28)(H2,24,26,29). The van der Waals surface area contributed by atoms with Crippen molar-refractivity contribution in [3.8, 4) is 11.1 Å². The average molecular weight is 404 g/mol. The quantitative estimate of drug-likeness (QED) is 0.340. The highest BCUT2D eigenvalue weighted by Crippen LogP contribution is 2.19. The van der Waals surface area contributed by atoms with Crippen LogP contribution in [0.1, 0.15) is 22.8 Å². The van der Waals surface area contributed by atoms with Gasteiger partial charge in [-0.05, 0) is 48.0 Å². The molecular formula is C23H21N3O2S. The van der Waals surface area contributed by atoms with E-state index in [0.29, 0.717) is 11.3 Å². The second kappa shape index (κ2) is 9.61. The second-order valence-corrected chi connectivity index (χ2v) is 6.91. The van der Waals surface area contributed by atoms with Crippen LogP contribution in [0.25, 0.3) is 11.1 Å². The van der Waals surface area contributed by atoms with Crippen LogP contribution >= 0.6 is 12.2 Å². The number of anilines is 1. The number of thiocarbonyl (C=S) groups is 1. The van der Waals surface area contributed by atoms with Crippen LogP contribution in [-0.4, -0.2) is 16.8 Å². The van der Waals surface area contributed by atoms with Crippen molar-refractivity contribution in [2.24, 2.45) is 0 Å². The van der Waals surface area contributed by atoms with Crippen LogP contribution in [0.3, 0.4) is 0 Å². The zero-order valence-electron chi connectivity index (χ0n) is 15.9. The fourth-order valence-electron chi connectivity index (χ4n) is 2.78. The van der Waals surface area contributed by atoms with Crippen LogP contribution in [0.4, 0.5) is 5.69 Å². The molecule has 5 nitrogen and oxygen atoms in total. The average Bonchev–Trinajstić information content (AvgIpc) is 2.74. The van der Waals surface area contributed by atoms with Crippen LogP contribution < -0.4 is 16.2 Å². The molecule has 0 heterocycles. The molecule has 0 saturated carbocycles. The Morgan fingerprint density at radius 3 is 2.21 bits per heavy atom. The first-order chi connectivity index (χ1) is 14.0. The van der Waals surface area contributed by atoms with Crippen LogP contribution in [0.2, 0.25) is 0 Å². The van der Waals surface area contributed by atoms with E-state index in [-0.39, 0.29) is 23.2 Å². The number of nitrogens with one attached hydrogen (secondary N) is 3. The molecule has 0 fully saturated rings. The van der Waals surface area contributed by atoms with Crippen LogP contribution in [0.15, 0.2) is 78.9 Å². The van der Waals surface area contributed by atoms with Gasteiger partial charge in [0.2, 0.25) is 5.91 Å². The number of carbonyl (C=O) groups is 2. The molecule has 0 aromatic heterocycles. The van der Waals surface area contributed by atoms with Crippen molar-refractivity contribution >= 4 is 34.7 Å². The number of carbonyl (C=O) groups excluding carboxylic acids is 2. The van der Waals surface area contributed by atoms with Gasteiger partial charge < -0.3 is 5.32 Å². The molecule has 29 heavy (non-hydrogen) atoms. The summed E-state index contributed by atoms with van der Waals surface area (Å²) in [6.07, 6.45) is 0.227. The van der Waals surface area contributed by atoms with Gasteiger partial charge >= 0.3 is 0 Å². The molecule has 146 valence electrons. The minimum absolute atomic E-state index is 0.0286. The summed E-state index contributed by atoms with van der Waals surface area (Å²) in [6.45, 7) is 1.50. The van der Waals surface area contributed by atoms with E-state index in [0.717, 1.165) is 16.7 Å². The monoisotopic (exact) mass is 403 g/mol. The smallest absolute Gasteiger partial charge is 0.242 e. The van der Waals surface area contributed by atoms with Crippen molar-refractivity contribution in [1.29, 1.82) is 0 Å². The fourth-order valence-corrected chi connectivity index (χ4v) is 2.95. The van der Waals surface area contributed by atoms with Gasteiger partial charge in [-0.15, -0.1) is 0 Å². The second-order valence-electron chi connectivity index (χ2n) is 6.50. The zero-order valence-corrected chi connectivity index (χ0v) is 16.8. The van der Waals surface area contributed by atoms with Gasteiger partial charge in [-0.25, -0.2) is 0 Å².